The van der Waals surface area contributed by atoms with Gasteiger partial charge in [0.1, 0.15) is 17.7 Å². The molecule has 1 aliphatic carbocycles. The molecule has 12 heteroatoms. The monoisotopic (exact) mass is 796 g/mol. The summed E-state index contributed by atoms with van der Waals surface area (Å²) in [4.78, 5) is 64.1. The maximum atomic E-state index is 14.2. The van der Waals surface area contributed by atoms with Gasteiger partial charge in [-0.2, -0.15) is 0 Å². The third-order valence-electron chi connectivity index (χ3n) is 13.0. The first kappa shape index (κ1) is 40.0. The molecule has 2 aliphatic heterocycles. The highest BCUT2D eigenvalue weighted by atomic mass is 16.4. The summed E-state index contributed by atoms with van der Waals surface area (Å²) in [6, 6.07) is 26.1. The van der Waals surface area contributed by atoms with Gasteiger partial charge in [0, 0.05) is 26.2 Å². The van der Waals surface area contributed by atoms with Crippen molar-refractivity contribution in [2.75, 3.05) is 33.2 Å². The minimum Gasteiger partial charge on any atom is -0.465 e. The summed E-state index contributed by atoms with van der Waals surface area (Å²) >= 11 is 0. The van der Waals surface area contributed by atoms with E-state index in [1.807, 2.05) is 40.4 Å². The molecule has 4 heterocycles. The number of likely N-dealkylation sites (N-methyl/N-ethyl adjacent to an activating group) is 1. The van der Waals surface area contributed by atoms with E-state index in [1.54, 1.807) is 7.05 Å². The fraction of sp³-hybridized carbons (Fsp3) is 0.426. The second kappa shape index (κ2) is 17.6. The molecule has 0 unspecified atom stereocenters. The van der Waals surface area contributed by atoms with Crippen molar-refractivity contribution in [1.29, 1.82) is 0 Å². The lowest BCUT2D eigenvalue weighted by molar-refractivity contribution is -0.140. The molecule has 0 radical (unpaired) electrons. The summed E-state index contributed by atoms with van der Waals surface area (Å²) in [7, 11) is 1.58. The van der Waals surface area contributed by atoms with Gasteiger partial charge in [0.25, 0.3) is 0 Å². The number of carbonyl (C=O) groups is 3. The van der Waals surface area contributed by atoms with Gasteiger partial charge in [0.05, 0.1) is 41.8 Å². The number of imidazole rings is 2. The fourth-order valence-electron chi connectivity index (χ4n) is 9.73. The lowest BCUT2D eigenvalue weighted by atomic mass is 9.82. The molecule has 12 nitrogen and oxygen atoms in total. The largest absolute Gasteiger partial charge is 0.465 e. The van der Waals surface area contributed by atoms with Crippen molar-refractivity contribution in [3.8, 4) is 33.6 Å². The molecule has 5 aromatic rings. The Morgan fingerprint density at radius 3 is 1.75 bits per heavy atom. The Kier molecular flexibility index (Phi) is 12.0. The number of carboxylic acid groups (broad SMARTS) is 1. The van der Waals surface area contributed by atoms with Gasteiger partial charge in [0.2, 0.25) is 11.8 Å². The van der Waals surface area contributed by atoms with E-state index in [0.29, 0.717) is 19.4 Å². The minimum absolute atomic E-state index is 0.0437. The highest BCUT2D eigenvalue weighted by molar-refractivity contribution is 5.84. The summed E-state index contributed by atoms with van der Waals surface area (Å²) in [6.45, 7) is 7.18. The van der Waals surface area contributed by atoms with Gasteiger partial charge in [-0.25, -0.2) is 14.8 Å². The third kappa shape index (κ3) is 8.15. The number of aromatic amines is 2. The quantitative estimate of drug-likeness (QED) is 0.115. The zero-order chi connectivity index (χ0) is 41.0. The van der Waals surface area contributed by atoms with Crippen molar-refractivity contribution in [3.63, 3.8) is 0 Å². The number of carbonyl (C=O) groups excluding carboxylic acids is 2. The van der Waals surface area contributed by atoms with Crippen LogP contribution in [0.3, 0.4) is 0 Å². The van der Waals surface area contributed by atoms with Gasteiger partial charge >= 0.3 is 6.09 Å². The molecule has 0 bridgehead atoms. The Bertz CT molecular complexity index is 2210. The maximum absolute atomic E-state index is 14.2. The summed E-state index contributed by atoms with van der Waals surface area (Å²) < 4.78 is 0. The number of rotatable bonds is 12. The summed E-state index contributed by atoms with van der Waals surface area (Å²) in [6.07, 6.45) is 9.56. The van der Waals surface area contributed by atoms with E-state index in [2.05, 4.69) is 89.4 Å². The van der Waals surface area contributed by atoms with Crippen LogP contribution in [-0.4, -0.2) is 102 Å². The van der Waals surface area contributed by atoms with E-state index in [-0.39, 0.29) is 41.9 Å². The number of hydrogen-bond donors (Lipinski definition) is 3. The summed E-state index contributed by atoms with van der Waals surface area (Å²) in [5.41, 5.74) is 7.06. The van der Waals surface area contributed by atoms with Crippen LogP contribution in [0.1, 0.15) is 101 Å². The van der Waals surface area contributed by atoms with Crippen LogP contribution in [0.5, 0.6) is 0 Å². The smallest absolute Gasteiger partial charge is 0.407 e. The lowest BCUT2D eigenvalue weighted by Crippen LogP contribution is -2.49. The number of benzene rings is 3. The fourth-order valence-corrected chi connectivity index (χ4v) is 9.73. The van der Waals surface area contributed by atoms with E-state index >= 15 is 0 Å². The van der Waals surface area contributed by atoms with Crippen LogP contribution >= 0.6 is 0 Å². The normalized spacial score (nSPS) is 21.2. The molecule has 3 fully saturated rings. The number of nitrogens with zero attached hydrogens (tertiary/aromatic N) is 6. The zero-order valence-electron chi connectivity index (χ0n) is 34.4. The molecule has 2 saturated heterocycles. The van der Waals surface area contributed by atoms with E-state index in [1.165, 1.54) is 4.90 Å². The number of H-pyrrole nitrogens is 2. The first-order valence-corrected chi connectivity index (χ1v) is 21.4. The molecule has 5 atom stereocenters. The van der Waals surface area contributed by atoms with Crippen molar-refractivity contribution >= 4 is 17.9 Å². The standard InChI is InChI=1S/C47H56N8O4/c1-4-53(5-2)42(35-13-7-6-8-14-35)46(57)55-28-12-18-41(55)44-49-30-38(51-44)34-25-21-32(22-26-34)31-19-23-33(24-20-31)37-29-48-43(50-37)40-17-11-27-54(40)45(56)36-15-9-10-16-39(36)52(3)47(58)59/h6-8,13-14,19-26,29-30,36,39-42H,4-5,9-12,15-18,27-28H2,1-3H3,(H,48,50)(H,49,51)(H,58,59)/t36-,39+,40-,41-,42+/m0/s1. The van der Waals surface area contributed by atoms with Crippen LogP contribution in [0.2, 0.25) is 0 Å². The molecule has 3 N–H and O–H groups in total. The Hall–Kier alpha value is -5.75. The van der Waals surface area contributed by atoms with Gasteiger partial charge in [-0.1, -0.05) is 106 Å². The molecule has 3 aliphatic rings. The van der Waals surface area contributed by atoms with E-state index in [4.69, 9.17) is 9.97 Å². The topological polar surface area (TPSA) is 142 Å². The van der Waals surface area contributed by atoms with Crippen LogP contribution in [0.15, 0.2) is 91.3 Å². The highest BCUT2D eigenvalue weighted by Gasteiger charge is 2.42. The van der Waals surface area contributed by atoms with Crippen molar-refractivity contribution in [2.45, 2.75) is 89.4 Å². The van der Waals surface area contributed by atoms with Crippen molar-refractivity contribution in [3.05, 3.63) is 108 Å². The van der Waals surface area contributed by atoms with E-state index in [9.17, 15) is 19.5 Å². The van der Waals surface area contributed by atoms with Crippen molar-refractivity contribution < 1.29 is 19.5 Å². The van der Waals surface area contributed by atoms with Crippen molar-refractivity contribution in [2.24, 2.45) is 5.92 Å². The predicted molar refractivity (Wildman–Crippen MR) is 228 cm³/mol. The van der Waals surface area contributed by atoms with E-state index < -0.39 is 6.09 Å². The molecule has 0 spiro atoms. The maximum Gasteiger partial charge on any atom is 0.407 e. The molecule has 59 heavy (non-hydrogen) atoms. The van der Waals surface area contributed by atoms with Gasteiger partial charge in [0.15, 0.2) is 0 Å². The minimum atomic E-state index is -0.986. The van der Waals surface area contributed by atoms with Crippen LogP contribution < -0.4 is 0 Å². The Morgan fingerprint density at radius 2 is 1.20 bits per heavy atom. The average Bonchev–Trinajstić information content (AvgIpc) is 4.13. The number of amides is 3. The first-order valence-electron chi connectivity index (χ1n) is 21.4. The SMILES string of the molecule is CCN(CC)[C@@H](C(=O)N1CCC[C@H]1c1ncc(-c2ccc(-c3ccc(-c4cnc([C@@H]5CCCN5C(=O)[C@H]5CCCC[C@H]5N(C)C(=O)O)[nH]4)cc3)cc2)[nH]1)c1ccccc1. The van der Waals surface area contributed by atoms with Gasteiger partial charge in [-0.15, -0.1) is 0 Å². The summed E-state index contributed by atoms with van der Waals surface area (Å²) in [5, 5.41) is 9.66. The number of likely N-dealkylation sites (tertiary alicyclic amines) is 2. The highest BCUT2D eigenvalue weighted by Crippen LogP contribution is 2.38. The molecule has 3 amide bonds. The van der Waals surface area contributed by atoms with Crippen LogP contribution in [0.25, 0.3) is 33.6 Å². The second-order valence-electron chi connectivity index (χ2n) is 16.3. The Morgan fingerprint density at radius 1 is 0.695 bits per heavy atom. The van der Waals surface area contributed by atoms with Gasteiger partial charge < -0.3 is 29.8 Å². The lowest BCUT2D eigenvalue weighted by Gasteiger charge is -2.38. The molecular weight excluding hydrogens is 741 g/mol. The second-order valence-corrected chi connectivity index (χ2v) is 16.3. The first-order chi connectivity index (χ1) is 28.7. The Balaban J connectivity index is 0.924. The number of nitrogens with one attached hydrogen (secondary N) is 2. The molecule has 1 saturated carbocycles. The number of hydrogen-bond acceptors (Lipinski definition) is 6. The molecule has 308 valence electrons. The zero-order valence-corrected chi connectivity index (χ0v) is 34.4. The number of aromatic nitrogens is 4. The van der Waals surface area contributed by atoms with E-state index in [0.717, 1.165) is 109 Å². The van der Waals surface area contributed by atoms with Crippen LogP contribution in [0, 0.1) is 5.92 Å². The predicted octanol–water partition coefficient (Wildman–Crippen LogP) is 8.71. The molecule has 2 aromatic heterocycles. The van der Waals surface area contributed by atoms with Gasteiger partial charge in [-0.3, -0.25) is 14.5 Å². The third-order valence-corrected chi connectivity index (χ3v) is 13.0. The Labute approximate surface area is 346 Å². The van der Waals surface area contributed by atoms with Crippen molar-refractivity contribution in [1.82, 2.24) is 39.5 Å². The molecule has 8 rings (SSSR count). The van der Waals surface area contributed by atoms with Crippen LogP contribution in [0.4, 0.5) is 4.79 Å². The molecular formula is C47H56N8O4. The van der Waals surface area contributed by atoms with Crippen LogP contribution in [-0.2, 0) is 9.59 Å². The molecule has 3 aromatic carbocycles. The van der Waals surface area contributed by atoms with Gasteiger partial charge in [-0.05, 0) is 79.4 Å². The summed E-state index contributed by atoms with van der Waals surface area (Å²) in [5.74, 6) is 1.45. The average molecular weight is 797 g/mol.